The minimum absolute atomic E-state index is 0.0869. The van der Waals surface area contributed by atoms with E-state index in [4.69, 9.17) is 0 Å². The number of benzene rings is 3. The van der Waals surface area contributed by atoms with Crippen molar-refractivity contribution in [1.82, 2.24) is 10.2 Å². The van der Waals surface area contributed by atoms with Crippen LogP contribution in [-0.4, -0.2) is 43.3 Å². The number of amides is 3. The first-order chi connectivity index (χ1) is 16.8. The molecule has 7 nitrogen and oxygen atoms in total. The molecule has 0 spiro atoms. The largest absolute Gasteiger partial charge is 0.376 e. The lowest BCUT2D eigenvalue weighted by Crippen LogP contribution is -2.26. The van der Waals surface area contributed by atoms with E-state index in [0.29, 0.717) is 24.1 Å². The van der Waals surface area contributed by atoms with E-state index < -0.39 is 0 Å². The first kappa shape index (κ1) is 25.5. The molecule has 1 unspecified atom stereocenters. The lowest BCUT2D eigenvalue weighted by atomic mass is 10.1. The zero-order valence-electron chi connectivity index (χ0n) is 20.4. The third-order valence-corrected chi connectivity index (χ3v) is 5.61. The zero-order valence-corrected chi connectivity index (χ0v) is 20.4. The van der Waals surface area contributed by atoms with Crippen molar-refractivity contribution in [3.8, 4) is 0 Å². The van der Waals surface area contributed by atoms with Gasteiger partial charge in [-0.2, -0.15) is 0 Å². The molecule has 7 heteroatoms. The van der Waals surface area contributed by atoms with Crippen LogP contribution in [0, 0.1) is 0 Å². The number of anilines is 2. The van der Waals surface area contributed by atoms with Gasteiger partial charge in [-0.25, -0.2) is 0 Å². The molecule has 0 fully saturated rings. The van der Waals surface area contributed by atoms with Gasteiger partial charge in [0.2, 0.25) is 11.8 Å². The van der Waals surface area contributed by atoms with Gasteiger partial charge in [0.25, 0.3) is 5.91 Å². The molecule has 3 rings (SSSR count). The molecule has 0 saturated carbocycles. The highest BCUT2D eigenvalue weighted by Crippen LogP contribution is 2.15. The maximum absolute atomic E-state index is 12.5. The average molecular weight is 473 g/mol. The fourth-order valence-corrected chi connectivity index (χ4v) is 3.46. The van der Waals surface area contributed by atoms with E-state index in [1.54, 1.807) is 43.3 Å². The Hall–Kier alpha value is -4.13. The predicted octanol–water partition coefficient (Wildman–Crippen LogP) is 4.25. The molecular weight excluding hydrogens is 440 g/mol. The Morgan fingerprint density at radius 3 is 2.09 bits per heavy atom. The Balaban J connectivity index is 1.43. The van der Waals surface area contributed by atoms with Crippen LogP contribution in [0.2, 0.25) is 0 Å². The van der Waals surface area contributed by atoms with E-state index in [0.717, 1.165) is 16.8 Å². The fourth-order valence-electron chi connectivity index (χ4n) is 3.46. The van der Waals surface area contributed by atoms with Crippen molar-refractivity contribution in [3.63, 3.8) is 0 Å². The lowest BCUT2D eigenvalue weighted by molar-refractivity contribution is -0.128. The summed E-state index contributed by atoms with van der Waals surface area (Å²) in [7, 11) is 3.49. The van der Waals surface area contributed by atoms with E-state index in [2.05, 4.69) is 16.0 Å². The topological polar surface area (TPSA) is 90.5 Å². The third-order valence-electron chi connectivity index (χ3n) is 5.61. The molecule has 35 heavy (non-hydrogen) atoms. The Morgan fingerprint density at radius 1 is 0.829 bits per heavy atom. The molecule has 0 heterocycles. The second-order valence-electron chi connectivity index (χ2n) is 8.57. The number of aryl methyl sites for hydroxylation is 1. The van der Waals surface area contributed by atoms with Crippen molar-refractivity contribution in [1.29, 1.82) is 0 Å². The molecule has 0 radical (unpaired) electrons. The second-order valence-corrected chi connectivity index (χ2v) is 8.57. The van der Waals surface area contributed by atoms with Crippen LogP contribution in [0.3, 0.4) is 0 Å². The summed E-state index contributed by atoms with van der Waals surface area (Å²) in [6, 6.07) is 24.2. The molecule has 0 aliphatic heterocycles. The number of carbonyl (C=O) groups excluding carboxylic acids is 3. The van der Waals surface area contributed by atoms with E-state index in [1.165, 1.54) is 0 Å². The van der Waals surface area contributed by atoms with Gasteiger partial charge in [0.05, 0.1) is 12.6 Å². The van der Waals surface area contributed by atoms with Crippen LogP contribution in [0.4, 0.5) is 11.4 Å². The summed E-state index contributed by atoms with van der Waals surface area (Å²) < 4.78 is 0. The smallest absolute Gasteiger partial charge is 0.251 e. The molecule has 3 N–H and O–H groups in total. The molecule has 182 valence electrons. The average Bonchev–Trinajstić information content (AvgIpc) is 2.87. The quantitative estimate of drug-likeness (QED) is 0.412. The molecule has 0 bridgehead atoms. The van der Waals surface area contributed by atoms with Crippen LogP contribution < -0.4 is 16.0 Å². The molecule has 3 aromatic carbocycles. The van der Waals surface area contributed by atoms with E-state index >= 15 is 0 Å². The van der Waals surface area contributed by atoms with Gasteiger partial charge in [0, 0.05) is 37.5 Å². The number of hydrogen-bond donors (Lipinski definition) is 3. The summed E-state index contributed by atoms with van der Waals surface area (Å²) in [6.07, 6.45) is 1.11. The van der Waals surface area contributed by atoms with Gasteiger partial charge in [-0.3, -0.25) is 14.4 Å². The SMILES string of the molecule is CC(NC(=O)c1ccc(NCC(=O)Nc2ccc(CCC(=O)N(C)C)cc2)cc1)c1ccccc1. The van der Waals surface area contributed by atoms with Gasteiger partial charge in [-0.1, -0.05) is 42.5 Å². The van der Waals surface area contributed by atoms with Crippen molar-refractivity contribution in [2.75, 3.05) is 31.3 Å². The summed E-state index contributed by atoms with van der Waals surface area (Å²) in [6.45, 7) is 2.04. The van der Waals surface area contributed by atoms with Gasteiger partial charge in [0.1, 0.15) is 0 Å². The Morgan fingerprint density at radius 2 is 1.46 bits per heavy atom. The Kier molecular flexibility index (Phi) is 9.01. The zero-order chi connectivity index (χ0) is 25.2. The summed E-state index contributed by atoms with van der Waals surface area (Å²) in [5.74, 6) is -0.247. The minimum atomic E-state index is -0.181. The van der Waals surface area contributed by atoms with Gasteiger partial charge < -0.3 is 20.9 Å². The summed E-state index contributed by atoms with van der Waals surface area (Å²) in [5, 5.41) is 8.90. The molecule has 0 saturated heterocycles. The Labute approximate surface area is 206 Å². The summed E-state index contributed by atoms with van der Waals surface area (Å²) >= 11 is 0. The van der Waals surface area contributed by atoms with Crippen molar-refractivity contribution >= 4 is 29.1 Å². The van der Waals surface area contributed by atoms with Crippen LogP contribution in [0.1, 0.15) is 40.9 Å². The molecule has 0 aliphatic rings. The highest BCUT2D eigenvalue weighted by Gasteiger charge is 2.11. The van der Waals surface area contributed by atoms with Gasteiger partial charge in [-0.15, -0.1) is 0 Å². The molecular formula is C28H32N4O3. The predicted molar refractivity (Wildman–Crippen MR) is 139 cm³/mol. The van der Waals surface area contributed by atoms with Gasteiger partial charge in [0.15, 0.2) is 0 Å². The van der Waals surface area contributed by atoms with Crippen molar-refractivity contribution in [2.45, 2.75) is 25.8 Å². The second kappa shape index (κ2) is 12.4. The fraction of sp³-hybridized carbons (Fsp3) is 0.250. The maximum atomic E-state index is 12.5. The molecule has 0 aromatic heterocycles. The van der Waals surface area contributed by atoms with Crippen LogP contribution in [0.5, 0.6) is 0 Å². The van der Waals surface area contributed by atoms with Crippen molar-refractivity contribution < 1.29 is 14.4 Å². The number of carbonyl (C=O) groups is 3. The first-order valence-electron chi connectivity index (χ1n) is 11.6. The van der Waals surface area contributed by atoms with E-state index in [1.807, 2.05) is 61.5 Å². The minimum Gasteiger partial charge on any atom is -0.376 e. The number of hydrogen-bond acceptors (Lipinski definition) is 4. The lowest BCUT2D eigenvalue weighted by Gasteiger charge is -2.14. The van der Waals surface area contributed by atoms with E-state index in [-0.39, 0.29) is 30.3 Å². The van der Waals surface area contributed by atoms with Gasteiger partial charge >= 0.3 is 0 Å². The molecule has 3 amide bonds. The highest BCUT2D eigenvalue weighted by atomic mass is 16.2. The normalized spacial score (nSPS) is 11.3. The Bertz CT molecular complexity index is 1130. The van der Waals surface area contributed by atoms with Crippen LogP contribution in [-0.2, 0) is 16.0 Å². The number of rotatable bonds is 10. The van der Waals surface area contributed by atoms with Crippen LogP contribution in [0.25, 0.3) is 0 Å². The van der Waals surface area contributed by atoms with Crippen molar-refractivity contribution in [2.24, 2.45) is 0 Å². The number of nitrogens with one attached hydrogen (secondary N) is 3. The maximum Gasteiger partial charge on any atom is 0.251 e. The third kappa shape index (κ3) is 7.99. The molecule has 1 atom stereocenters. The first-order valence-corrected chi connectivity index (χ1v) is 11.6. The van der Waals surface area contributed by atoms with Crippen LogP contribution >= 0.6 is 0 Å². The van der Waals surface area contributed by atoms with Crippen LogP contribution in [0.15, 0.2) is 78.9 Å². The standard InChI is InChI=1S/C28H32N4O3/c1-20(22-7-5-4-6-8-22)30-28(35)23-12-16-24(17-13-23)29-19-26(33)31-25-14-9-21(10-15-25)11-18-27(34)32(2)3/h4-10,12-17,20,29H,11,18-19H2,1-3H3,(H,30,35)(H,31,33). The molecule has 0 aliphatic carbocycles. The monoisotopic (exact) mass is 472 g/mol. The highest BCUT2D eigenvalue weighted by molar-refractivity contribution is 5.95. The van der Waals surface area contributed by atoms with Crippen molar-refractivity contribution in [3.05, 3.63) is 95.6 Å². The summed E-state index contributed by atoms with van der Waals surface area (Å²) in [4.78, 5) is 38.1. The summed E-state index contributed by atoms with van der Waals surface area (Å²) in [5.41, 5.74) is 4.07. The number of nitrogens with zero attached hydrogens (tertiary/aromatic N) is 1. The van der Waals surface area contributed by atoms with E-state index in [9.17, 15) is 14.4 Å². The van der Waals surface area contributed by atoms with Gasteiger partial charge in [-0.05, 0) is 60.9 Å². The molecule has 3 aromatic rings.